The van der Waals surface area contributed by atoms with Crippen molar-refractivity contribution in [1.82, 2.24) is 15.8 Å². The Labute approximate surface area is 171 Å². The number of amides is 3. The molecule has 1 unspecified atom stereocenters. The number of aromatic nitrogens is 1. The van der Waals surface area contributed by atoms with Crippen LogP contribution in [-0.4, -0.2) is 29.3 Å². The first kappa shape index (κ1) is 18.9. The molecule has 3 aromatic rings. The Bertz CT molecular complexity index is 1120. The normalized spacial score (nSPS) is 16.1. The standard InChI is InChI=1S/C21H17ClN4O3/c22-15-5-3-6-16(11-15)26-12-14(10-19(26)27)20(28)24-25-21(29)18-9-8-13-4-1-2-7-17(13)23-18/h1-9,11,14H,10,12H2,(H,24,28)(H,25,29). The number of hydrazine groups is 1. The molecule has 1 aliphatic rings. The lowest BCUT2D eigenvalue weighted by atomic mass is 10.1. The van der Waals surface area contributed by atoms with Crippen molar-refractivity contribution in [3.8, 4) is 0 Å². The summed E-state index contributed by atoms with van der Waals surface area (Å²) in [5.41, 5.74) is 6.27. The van der Waals surface area contributed by atoms with Crippen molar-refractivity contribution in [2.24, 2.45) is 5.92 Å². The van der Waals surface area contributed by atoms with E-state index in [1.165, 1.54) is 4.90 Å². The number of halogens is 1. The van der Waals surface area contributed by atoms with E-state index in [2.05, 4.69) is 15.8 Å². The number of anilines is 1. The Morgan fingerprint density at radius 1 is 1.03 bits per heavy atom. The van der Waals surface area contributed by atoms with Gasteiger partial charge in [-0.25, -0.2) is 4.98 Å². The van der Waals surface area contributed by atoms with E-state index in [9.17, 15) is 14.4 Å². The fourth-order valence-corrected chi connectivity index (χ4v) is 3.44. The molecular weight excluding hydrogens is 392 g/mol. The molecule has 0 spiro atoms. The number of para-hydroxylation sites is 1. The monoisotopic (exact) mass is 408 g/mol. The lowest BCUT2D eigenvalue weighted by Gasteiger charge is -2.17. The van der Waals surface area contributed by atoms with Crippen LogP contribution in [0.1, 0.15) is 16.9 Å². The van der Waals surface area contributed by atoms with Crippen molar-refractivity contribution < 1.29 is 14.4 Å². The van der Waals surface area contributed by atoms with Crippen molar-refractivity contribution in [3.63, 3.8) is 0 Å². The number of nitrogens with one attached hydrogen (secondary N) is 2. The highest BCUT2D eigenvalue weighted by atomic mass is 35.5. The van der Waals surface area contributed by atoms with Crippen LogP contribution in [0, 0.1) is 5.92 Å². The van der Waals surface area contributed by atoms with Gasteiger partial charge in [0.15, 0.2) is 0 Å². The van der Waals surface area contributed by atoms with Gasteiger partial charge in [0, 0.05) is 29.1 Å². The van der Waals surface area contributed by atoms with E-state index in [1.807, 2.05) is 18.2 Å². The van der Waals surface area contributed by atoms with E-state index in [0.717, 1.165) is 5.39 Å². The summed E-state index contributed by atoms with van der Waals surface area (Å²) in [6.45, 7) is 0.217. The smallest absolute Gasteiger partial charge is 0.288 e. The van der Waals surface area contributed by atoms with Crippen LogP contribution in [0.4, 0.5) is 5.69 Å². The maximum absolute atomic E-state index is 12.4. The van der Waals surface area contributed by atoms with Crippen molar-refractivity contribution in [3.05, 3.63) is 71.4 Å². The minimum absolute atomic E-state index is 0.0580. The summed E-state index contributed by atoms with van der Waals surface area (Å²) < 4.78 is 0. The van der Waals surface area contributed by atoms with Crippen LogP contribution >= 0.6 is 11.6 Å². The van der Waals surface area contributed by atoms with Crippen molar-refractivity contribution in [2.75, 3.05) is 11.4 Å². The van der Waals surface area contributed by atoms with E-state index >= 15 is 0 Å². The first-order valence-corrected chi connectivity index (χ1v) is 9.41. The quantitative estimate of drug-likeness (QED) is 0.652. The van der Waals surface area contributed by atoms with Gasteiger partial charge in [0.1, 0.15) is 5.69 Å². The highest BCUT2D eigenvalue weighted by Gasteiger charge is 2.35. The van der Waals surface area contributed by atoms with Crippen LogP contribution in [0.25, 0.3) is 10.9 Å². The van der Waals surface area contributed by atoms with Crippen LogP contribution in [0.5, 0.6) is 0 Å². The molecule has 3 amide bonds. The van der Waals surface area contributed by atoms with Crippen LogP contribution in [0.3, 0.4) is 0 Å². The minimum Gasteiger partial charge on any atom is -0.312 e. The molecule has 0 saturated carbocycles. The first-order chi connectivity index (χ1) is 14.0. The average molecular weight is 409 g/mol. The second-order valence-corrected chi connectivity index (χ2v) is 7.15. The summed E-state index contributed by atoms with van der Waals surface area (Å²) in [6, 6.07) is 17.7. The number of hydrogen-bond acceptors (Lipinski definition) is 4. The van der Waals surface area contributed by atoms with Gasteiger partial charge in [0.2, 0.25) is 11.8 Å². The summed E-state index contributed by atoms with van der Waals surface area (Å²) in [6.07, 6.45) is 0.0580. The van der Waals surface area contributed by atoms with Gasteiger partial charge < -0.3 is 4.90 Å². The molecule has 2 aromatic carbocycles. The molecule has 2 heterocycles. The summed E-state index contributed by atoms with van der Waals surface area (Å²) in [4.78, 5) is 42.8. The molecule has 1 atom stereocenters. The van der Waals surface area contributed by atoms with E-state index in [1.54, 1.807) is 42.5 Å². The summed E-state index contributed by atoms with van der Waals surface area (Å²) in [5.74, 6) is -1.71. The van der Waals surface area contributed by atoms with E-state index in [0.29, 0.717) is 16.2 Å². The summed E-state index contributed by atoms with van der Waals surface area (Å²) in [5, 5.41) is 1.43. The number of nitrogens with zero attached hydrogens (tertiary/aromatic N) is 2. The molecule has 7 nitrogen and oxygen atoms in total. The molecule has 0 aliphatic carbocycles. The topological polar surface area (TPSA) is 91.4 Å². The molecule has 146 valence electrons. The molecule has 4 rings (SSSR count). The number of carbonyl (C=O) groups is 3. The van der Waals surface area contributed by atoms with Crippen LogP contribution < -0.4 is 15.8 Å². The molecular formula is C21H17ClN4O3. The Morgan fingerprint density at radius 2 is 1.86 bits per heavy atom. The second-order valence-electron chi connectivity index (χ2n) is 6.72. The van der Waals surface area contributed by atoms with Gasteiger partial charge in [-0.1, -0.05) is 41.9 Å². The van der Waals surface area contributed by atoms with Gasteiger partial charge in [-0.2, -0.15) is 0 Å². The Morgan fingerprint density at radius 3 is 2.69 bits per heavy atom. The Hall–Kier alpha value is -3.45. The van der Waals surface area contributed by atoms with Crippen molar-refractivity contribution in [1.29, 1.82) is 0 Å². The third kappa shape index (κ3) is 4.05. The number of benzene rings is 2. The lowest BCUT2D eigenvalue weighted by molar-refractivity contribution is -0.126. The number of rotatable bonds is 3. The predicted molar refractivity (Wildman–Crippen MR) is 109 cm³/mol. The maximum Gasteiger partial charge on any atom is 0.288 e. The lowest BCUT2D eigenvalue weighted by Crippen LogP contribution is -2.45. The largest absolute Gasteiger partial charge is 0.312 e. The highest BCUT2D eigenvalue weighted by molar-refractivity contribution is 6.31. The van der Waals surface area contributed by atoms with E-state index in [4.69, 9.17) is 11.6 Å². The van der Waals surface area contributed by atoms with Gasteiger partial charge in [0.05, 0.1) is 11.4 Å². The molecule has 1 aliphatic heterocycles. The van der Waals surface area contributed by atoms with Gasteiger partial charge in [-0.3, -0.25) is 25.2 Å². The summed E-state index contributed by atoms with van der Waals surface area (Å²) >= 11 is 5.98. The zero-order valence-corrected chi connectivity index (χ0v) is 16.0. The van der Waals surface area contributed by atoms with Gasteiger partial charge in [-0.15, -0.1) is 0 Å². The molecule has 2 N–H and O–H groups in total. The fraction of sp³-hybridized carbons (Fsp3) is 0.143. The molecule has 1 saturated heterocycles. The second kappa shape index (κ2) is 7.89. The molecule has 0 radical (unpaired) electrons. The molecule has 1 aromatic heterocycles. The number of pyridine rings is 1. The third-order valence-corrected chi connectivity index (χ3v) is 4.98. The number of hydrogen-bond donors (Lipinski definition) is 2. The highest BCUT2D eigenvalue weighted by Crippen LogP contribution is 2.27. The van der Waals surface area contributed by atoms with Gasteiger partial charge >= 0.3 is 0 Å². The zero-order valence-electron chi connectivity index (χ0n) is 15.3. The fourth-order valence-electron chi connectivity index (χ4n) is 3.25. The summed E-state index contributed by atoms with van der Waals surface area (Å²) in [7, 11) is 0. The Balaban J connectivity index is 1.38. The molecule has 8 heteroatoms. The Kier molecular flexibility index (Phi) is 5.14. The SMILES string of the molecule is O=C(NNC(=O)C1CC(=O)N(c2cccc(Cl)c2)C1)c1ccc2ccccc2n1. The molecule has 29 heavy (non-hydrogen) atoms. The third-order valence-electron chi connectivity index (χ3n) is 4.75. The maximum atomic E-state index is 12.4. The van der Waals surface area contributed by atoms with Crippen LogP contribution in [0.15, 0.2) is 60.7 Å². The van der Waals surface area contributed by atoms with Gasteiger partial charge in [-0.05, 0) is 30.3 Å². The van der Waals surface area contributed by atoms with Crippen molar-refractivity contribution in [2.45, 2.75) is 6.42 Å². The zero-order chi connectivity index (χ0) is 20.4. The van der Waals surface area contributed by atoms with E-state index < -0.39 is 17.7 Å². The number of fused-ring (bicyclic) bond motifs is 1. The predicted octanol–water partition coefficient (Wildman–Crippen LogP) is 2.70. The van der Waals surface area contributed by atoms with Crippen LogP contribution in [-0.2, 0) is 9.59 Å². The van der Waals surface area contributed by atoms with E-state index in [-0.39, 0.29) is 24.6 Å². The van der Waals surface area contributed by atoms with Crippen LogP contribution in [0.2, 0.25) is 5.02 Å². The molecule has 1 fully saturated rings. The first-order valence-electron chi connectivity index (χ1n) is 9.03. The number of carbonyl (C=O) groups excluding carboxylic acids is 3. The molecule has 0 bridgehead atoms. The minimum atomic E-state index is -0.577. The average Bonchev–Trinajstić information content (AvgIpc) is 3.13. The van der Waals surface area contributed by atoms with Gasteiger partial charge in [0.25, 0.3) is 5.91 Å². The van der Waals surface area contributed by atoms with Crippen molar-refractivity contribution >= 4 is 45.9 Å².